The molecule has 1 N–H and O–H groups in total. The summed E-state index contributed by atoms with van der Waals surface area (Å²) in [6.45, 7) is 0. The van der Waals surface area contributed by atoms with Crippen molar-refractivity contribution in [3.8, 4) is 0 Å². The van der Waals surface area contributed by atoms with Crippen molar-refractivity contribution in [2.24, 2.45) is 0 Å². The van der Waals surface area contributed by atoms with Gasteiger partial charge in [0.1, 0.15) is 5.82 Å². The number of nitro benzene ring substituents is 1. The van der Waals surface area contributed by atoms with Gasteiger partial charge in [0, 0.05) is 21.9 Å². The lowest BCUT2D eigenvalue weighted by molar-refractivity contribution is -0.384. The summed E-state index contributed by atoms with van der Waals surface area (Å²) in [5.74, 6) is -1.84. The minimum atomic E-state index is -1.20. The number of hydrogen-bond acceptors (Lipinski definition) is 4. The Bertz CT molecular complexity index is 673. The molecule has 0 aliphatic heterocycles. The van der Waals surface area contributed by atoms with E-state index in [9.17, 15) is 19.3 Å². The number of aromatic carboxylic acids is 1. The number of hydrogen-bond donors (Lipinski definition) is 1. The molecule has 0 heterocycles. The molecule has 0 aliphatic carbocycles. The van der Waals surface area contributed by atoms with Crippen molar-refractivity contribution in [3.05, 3.63) is 64.0 Å². The Morgan fingerprint density at radius 3 is 2.35 bits per heavy atom. The van der Waals surface area contributed by atoms with Crippen LogP contribution >= 0.6 is 11.8 Å². The Morgan fingerprint density at radius 2 is 1.85 bits per heavy atom. The van der Waals surface area contributed by atoms with E-state index in [0.29, 0.717) is 4.90 Å². The van der Waals surface area contributed by atoms with E-state index in [1.165, 1.54) is 36.4 Å². The van der Waals surface area contributed by atoms with E-state index in [-0.39, 0.29) is 16.1 Å². The minimum Gasteiger partial charge on any atom is -0.478 e. The highest BCUT2D eigenvalue weighted by molar-refractivity contribution is 7.99. The van der Waals surface area contributed by atoms with Gasteiger partial charge in [-0.05, 0) is 30.3 Å². The van der Waals surface area contributed by atoms with Crippen LogP contribution in [0.3, 0.4) is 0 Å². The van der Waals surface area contributed by atoms with Gasteiger partial charge in [-0.1, -0.05) is 11.8 Å². The summed E-state index contributed by atoms with van der Waals surface area (Å²) < 4.78 is 13.7. The molecule has 0 saturated carbocycles. The molecule has 2 aromatic rings. The van der Waals surface area contributed by atoms with Crippen molar-refractivity contribution in [2.75, 3.05) is 0 Å². The van der Waals surface area contributed by atoms with E-state index < -0.39 is 16.7 Å². The van der Waals surface area contributed by atoms with E-state index in [0.717, 1.165) is 17.8 Å². The first-order chi connectivity index (χ1) is 9.47. The maximum atomic E-state index is 13.7. The standard InChI is InChI=1S/C13H8FNO4S/c14-11-7-8(13(16)17)1-6-12(11)20-10-4-2-9(3-5-10)15(18)19/h1-7H,(H,16,17). The van der Waals surface area contributed by atoms with Gasteiger partial charge in [0.25, 0.3) is 5.69 Å². The molecule has 102 valence electrons. The summed E-state index contributed by atoms with van der Waals surface area (Å²) in [6.07, 6.45) is 0. The Hall–Kier alpha value is -2.41. The van der Waals surface area contributed by atoms with Gasteiger partial charge in [-0.2, -0.15) is 0 Å². The number of non-ortho nitro benzene ring substituents is 1. The summed E-state index contributed by atoms with van der Waals surface area (Å²) in [4.78, 5) is 21.6. The average Bonchev–Trinajstić information content (AvgIpc) is 2.41. The zero-order valence-electron chi connectivity index (χ0n) is 9.95. The van der Waals surface area contributed by atoms with Gasteiger partial charge in [0.2, 0.25) is 0 Å². The lowest BCUT2D eigenvalue weighted by Crippen LogP contribution is -1.97. The third-order valence-corrected chi connectivity index (χ3v) is 3.51. The number of nitro groups is 1. The van der Waals surface area contributed by atoms with Crippen molar-refractivity contribution in [2.45, 2.75) is 9.79 Å². The number of carbonyl (C=O) groups is 1. The van der Waals surface area contributed by atoms with Gasteiger partial charge in [0.05, 0.1) is 10.5 Å². The number of benzene rings is 2. The summed E-state index contributed by atoms with van der Waals surface area (Å²) in [5.41, 5.74) is -0.174. The molecule has 0 fully saturated rings. The molecular formula is C13H8FNO4S. The predicted molar refractivity (Wildman–Crippen MR) is 70.6 cm³/mol. The number of carboxylic acids is 1. The van der Waals surface area contributed by atoms with Crippen molar-refractivity contribution >= 4 is 23.4 Å². The molecular weight excluding hydrogens is 285 g/mol. The zero-order valence-corrected chi connectivity index (χ0v) is 10.8. The summed E-state index contributed by atoms with van der Waals surface area (Å²) in [5, 5.41) is 19.2. The second kappa shape index (κ2) is 5.70. The summed E-state index contributed by atoms with van der Waals surface area (Å²) in [6, 6.07) is 9.28. The van der Waals surface area contributed by atoms with Crippen LogP contribution in [0.5, 0.6) is 0 Å². The van der Waals surface area contributed by atoms with Gasteiger partial charge in [-0.3, -0.25) is 10.1 Å². The van der Waals surface area contributed by atoms with Gasteiger partial charge in [0.15, 0.2) is 0 Å². The predicted octanol–water partition coefficient (Wildman–Crippen LogP) is 3.58. The molecule has 7 heteroatoms. The number of nitrogens with zero attached hydrogens (tertiary/aromatic N) is 1. The highest BCUT2D eigenvalue weighted by atomic mass is 32.2. The topological polar surface area (TPSA) is 80.4 Å². The molecule has 20 heavy (non-hydrogen) atoms. The van der Waals surface area contributed by atoms with Crippen LogP contribution in [0.15, 0.2) is 52.3 Å². The van der Waals surface area contributed by atoms with Crippen LogP contribution in [0.25, 0.3) is 0 Å². The molecule has 0 atom stereocenters. The molecule has 2 aromatic carbocycles. The number of halogens is 1. The fourth-order valence-corrected chi connectivity index (χ4v) is 2.30. The molecule has 0 unspecified atom stereocenters. The van der Waals surface area contributed by atoms with E-state index in [2.05, 4.69) is 0 Å². The highest BCUT2D eigenvalue weighted by Crippen LogP contribution is 2.31. The quantitative estimate of drug-likeness (QED) is 0.688. The average molecular weight is 293 g/mol. The van der Waals surface area contributed by atoms with Crippen molar-refractivity contribution in [1.29, 1.82) is 0 Å². The molecule has 2 rings (SSSR count). The van der Waals surface area contributed by atoms with Gasteiger partial charge in [-0.25, -0.2) is 9.18 Å². The fraction of sp³-hybridized carbons (Fsp3) is 0. The first kappa shape index (κ1) is 14.0. The molecule has 0 radical (unpaired) electrons. The SMILES string of the molecule is O=C(O)c1ccc(Sc2ccc([N+](=O)[O-])cc2)c(F)c1. The molecule has 0 bridgehead atoms. The Kier molecular flexibility index (Phi) is 3.99. The third kappa shape index (κ3) is 3.12. The minimum absolute atomic E-state index is 0.0453. The lowest BCUT2D eigenvalue weighted by atomic mass is 10.2. The first-order valence-electron chi connectivity index (χ1n) is 5.42. The van der Waals surface area contributed by atoms with Crippen LogP contribution in [0, 0.1) is 15.9 Å². The smallest absolute Gasteiger partial charge is 0.335 e. The van der Waals surface area contributed by atoms with Crippen molar-refractivity contribution in [3.63, 3.8) is 0 Å². The van der Waals surface area contributed by atoms with Crippen LogP contribution in [-0.4, -0.2) is 16.0 Å². The van der Waals surface area contributed by atoms with Gasteiger partial charge < -0.3 is 5.11 Å². The lowest BCUT2D eigenvalue weighted by Gasteiger charge is -2.04. The molecule has 5 nitrogen and oxygen atoms in total. The van der Waals surface area contributed by atoms with Gasteiger partial charge >= 0.3 is 5.97 Å². The van der Waals surface area contributed by atoms with Gasteiger partial charge in [-0.15, -0.1) is 0 Å². The Balaban J connectivity index is 2.21. The van der Waals surface area contributed by atoms with Crippen LogP contribution in [0.1, 0.15) is 10.4 Å². The zero-order chi connectivity index (χ0) is 14.7. The molecule has 0 aromatic heterocycles. The van der Waals surface area contributed by atoms with E-state index in [1.54, 1.807) is 0 Å². The van der Waals surface area contributed by atoms with Crippen molar-refractivity contribution in [1.82, 2.24) is 0 Å². The largest absolute Gasteiger partial charge is 0.478 e. The monoisotopic (exact) mass is 293 g/mol. The van der Waals surface area contributed by atoms with E-state index in [1.807, 2.05) is 0 Å². The fourth-order valence-electron chi connectivity index (χ4n) is 1.48. The van der Waals surface area contributed by atoms with Crippen molar-refractivity contribution < 1.29 is 19.2 Å². The van der Waals surface area contributed by atoms with Crippen LogP contribution in [0.4, 0.5) is 10.1 Å². The summed E-state index contributed by atoms with van der Waals surface area (Å²) >= 11 is 1.06. The van der Waals surface area contributed by atoms with E-state index in [4.69, 9.17) is 5.11 Å². The van der Waals surface area contributed by atoms with Crippen LogP contribution < -0.4 is 0 Å². The highest BCUT2D eigenvalue weighted by Gasteiger charge is 2.10. The maximum absolute atomic E-state index is 13.7. The molecule has 0 spiro atoms. The van der Waals surface area contributed by atoms with Crippen LogP contribution in [-0.2, 0) is 0 Å². The molecule has 0 amide bonds. The third-order valence-electron chi connectivity index (χ3n) is 2.45. The summed E-state index contributed by atoms with van der Waals surface area (Å²) in [7, 11) is 0. The first-order valence-corrected chi connectivity index (χ1v) is 6.24. The second-order valence-corrected chi connectivity index (χ2v) is 4.92. The maximum Gasteiger partial charge on any atom is 0.335 e. The molecule has 0 saturated heterocycles. The Morgan fingerprint density at radius 1 is 1.20 bits per heavy atom. The number of carboxylic acid groups (broad SMARTS) is 1. The second-order valence-electron chi connectivity index (χ2n) is 3.80. The number of rotatable bonds is 4. The molecule has 0 aliphatic rings. The Labute approximate surface area is 117 Å². The van der Waals surface area contributed by atoms with Crippen LogP contribution in [0.2, 0.25) is 0 Å². The van der Waals surface area contributed by atoms with E-state index >= 15 is 0 Å². The normalized spacial score (nSPS) is 10.2.